The molecular weight excluding hydrogens is 422 g/mol. The van der Waals surface area contributed by atoms with Gasteiger partial charge in [0.25, 0.3) is 11.5 Å². The van der Waals surface area contributed by atoms with Crippen molar-refractivity contribution in [3.8, 4) is 5.69 Å². The highest BCUT2D eigenvalue weighted by Gasteiger charge is 2.24. The molecule has 0 radical (unpaired) electrons. The molecule has 0 aliphatic rings. The Kier molecular flexibility index (Phi) is 6.84. The summed E-state index contributed by atoms with van der Waals surface area (Å²) >= 11 is 5.81. The Hall–Kier alpha value is -3.91. The zero-order valence-corrected chi connectivity index (χ0v) is 16.9. The fourth-order valence-corrected chi connectivity index (χ4v) is 2.93. The molecule has 0 saturated heterocycles. The average Bonchev–Trinajstić information content (AvgIpc) is 2.75. The van der Waals surface area contributed by atoms with Gasteiger partial charge in [-0.3, -0.25) is 23.7 Å². The monoisotopic (exact) mass is 439 g/mol. The van der Waals surface area contributed by atoms with Crippen molar-refractivity contribution in [3.63, 3.8) is 0 Å². The SMILES string of the molecule is O=C(O)C[C@H](NC(=O)c1ccc(-n2ccccc2=O)cc1)C(=O)Nc1ccc(Cl)cc1. The van der Waals surface area contributed by atoms with Crippen LogP contribution in [0.15, 0.2) is 77.7 Å². The van der Waals surface area contributed by atoms with Crippen molar-refractivity contribution in [2.75, 3.05) is 5.32 Å². The molecule has 3 rings (SSSR count). The maximum Gasteiger partial charge on any atom is 0.305 e. The topological polar surface area (TPSA) is 118 Å². The number of carbonyl (C=O) groups excluding carboxylic acids is 2. The van der Waals surface area contributed by atoms with E-state index in [-0.39, 0.29) is 11.1 Å². The summed E-state index contributed by atoms with van der Waals surface area (Å²) in [6.45, 7) is 0. The van der Waals surface area contributed by atoms with E-state index in [1.54, 1.807) is 54.7 Å². The Morgan fingerprint density at radius 3 is 2.26 bits per heavy atom. The van der Waals surface area contributed by atoms with E-state index in [0.29, 0.717) is 16.4 Å². The summed E-state index contributed by atoms with van der Waals surface area (Å²) in [5.41, 5.74) is 0.962. The zero-order chi connectivity index (χ0) is 22.4. The number of hydrogen-bond acceptors (Lipinski definition) is 4. The van der Waals surface area contributed by atoms with Gasteiger partial charge >= 0.3 is 5.97 Å². The lowest BCUT2D eigenvalue weighted by atomic mass is 10.1. The molecule has 1 atom stereocenters. The number of nitrogens with one attached hydrogen (secondary N) is 2. The first-order valence-corrected chi connectivity index (χ1v) is 9.58. The number of benzene rings is 2. The smallest absolute Gasteiger partial charge is 0.305 e. The maximum atomic E-state index is 12.6. The number of aliphatic carboxylic acids is 1. The summed E-state index contributed by atoms with van der Waals surface area (Å²) in [6.07, 6.45) is 1.00. The van der Waals surface area contributed by atoms with Crippen molar-refractivity contribution >= 4 is 35.1 Å². The van der Waals surface area contributed by atoms with Gasteiger partial charge in [0, 0.05) is 34.2 Å². The Morgan fingerprint density at radius 2 is 1.65 bits per heavy atom. The number of carbonyl (C=O) groups is 3. The maximum absolute atomic E-state index is 12.6. The van der Waals surface area contributed by atoms with Crippen molar-refractivity contribution in [2.45, 2.75) is 12.5 Å². The van der Waals surface area contributed by atoms with Crippen molar-refractivity contribution in [2.24, 2.45) is 0 Å². The normalized spacial score (nSPS) is 11.4. The molecule has 9 heteroatoms. The van der Waals surface area contributed by atoms with Gasteiger partial charge in [-0.15, -0.1) is 0 Å². The second-order valence-electron chi connectivity index (χ2n) is 6.58. The second kappa shape index (κ2) is 9.73. The Bertz CT molecular complexity index is 1160. The second-order valence-corrected chi connectivity index (χ2v) is 7.01. The van der Waals surface area contributed by atoms with E-state index < -0.39 is 30.2 Å². The number of carboxylic acids is 1. The molecule has 1 aromatic heterocycles. The molecule has 0 spiro atoms. The number of pyridine rings is 1. The minimum Gasteiger partial charge on any atom is -0.481 e. The minimum atomic E-state index is -1.29. The summed E-state index contributed by atoms with van der Waals surface area (Å²) in [5.74, 6) is -2.54. The number of halogens is 1. The first-order valence-electron chi connectivity index (χ1n) is 9.21. The van der Waals surface area contributed by atoms with Gasteiger partial charge < -0.3 is 15.7 Å². The third-order valence-corrected chi connectivity index (χ3v) is 4.59. The van der Waals surface area contributed by atoms with E-state index in [2.05, 4.69) is 10.6 Å². The standard InChI is InChI=1S/C22H18ClN3O5/c23-15-6-8-16(9-7-15)24-22(31)18(13-20(28)29)25-21(30)14-4-10-17(11-5-14)26-12-2-1-3-19(26)27/h1-12,18H,13H2,(H,24,31)(H,25,30)(H,28,29)/t18-/m0/s1. The third kappa shape index (κ3) is 5.80. The highest BCUT2D eigenvalue weighted by Crippen LogP contribution is 2.14. The lowest BCUT2D eigenvalue weighted by Gasteiger charge is -2.17. The molecule has 2 amide bonds. The van der Waals surface area contributed by atoms with Gasteiger partial charge in [-0.1, -0.05) is 17.7 Å². The number of hydrogen-bond donors (Lipinski definition) is 3. The zero-order valence-electron chi connectivity index (χ0n) is 16.1. The first kappa shape index (κ1) is 21.8. The van der Waals surface area contributed by atoms with Crippen LogP contribution in [0.1, 0.15) is 16.8 Å². The quantitative estimate of drug-likeness (QED) is 0.523. The number of nitrogens with zero attached hydrogens (tertiary/aromatic N) is 1. The Morgan fingerprint density at radius 1 is 0.968 bits per heavy atom. The van der Waals surface area contributed by atoms with E-state index in [0.717, 1.165) is 0 Å². The number of amides is 2. The van der Waals surface area contributed by atoms with Gasteiger partial charge in [-0.2, -0.15) is 0 Å². The van der Waals surface area contributed by atoms with E-state index in [1.807, 2.05) is 0 Å². The van der Waals surface area contributed by atoms with E-state index >= 15 is 0 Å². The van der Waals surface area contributed by atoms with E-state index in [9.17, 15) is 19.2 Å². The molecule has 8 nitrogen and oxygen atoms in total. The van der Waals surface area contributed by atoms with E-state index in [1.165, 1.54) is 22.8 Å². The molecule has 2 aromatic carbocycles. The Labute approximate surface area is 182 Å². The van der Waals surface area contributed by atoms with Crippen LogP contribution in [0.3, 0.4) is 0 Å². The Balaban J connectivity index is 1.73. The molecule has 0 saturated carbocycles. The average molecular weight is 440 g/mol. The summed E-state index contributed by atoms with van der Waals surface area (Å²) in [4.78, 5) is 48.2. The molecule has 31 heavy (non-hydrogen) atoms. The molecular formula is C22H18ClN3O5. The predicted octanol–water partition coefficient (Wildman–Crippen LogP) is 2.70. The molecule has 158 valence electrons. The molecule has 3 N–H and O–H groups in total. The van der Waals surface area contributed by atoms with Crippen molar-refractivity contribution < 1.29 is 19.5 Å². The summed E-state index contributed by atoms with van der Waals surface area (Å²) < 4.78 is 1.41. The molecule has 0 aliphatic heterocycles. The van der Waals surface area contributed by atoms with Crippen molar-refractivity contribution in [3.05, 3.63) is 93.9 Å². The highest BCUT2D eigenvalue weighted by atomic mass is 35.5. The van der Waals surface area contributed by atoms with Crippen LogP contribution in [-0.4, -0.2) is 33.5 Å². The molecule has 1 heterocycles. The summed E-state index contributed by atoms with van der Waals surface area (Å²) in [6, 6.07) is 15.8. The molecule has 3 aromatic rings. The van der Waals surface area contributed by atoms with Crippen molar-refractivity contribution in [1.82, 2.24) is 9.88 Å². The third-order valence-electron chi connectivity index (χ3n) is 4.34. The van der Waals surface area contributed by atoms with Crippen molar-refractivity contribution in [1.29, 1.82) is 0 Å². The van der Waals surface area contributed by atoms with Gasteiger partial charge in [0.1, 0.15) is 6.04 Å². The van der Waals surface area contributed by atoms with Gasteiger partial charge in [0.15, 0.2) is 0 Å². The number of carboxylic acid groups (broad SMARTS) is 1. The van der Waals surface area contributed by atoms with Crippen LogP contribution in [-0.2, 0) is 9.59 Å². The lowest BCUT2D eigenvalue weighted by molar-refractivity contribution is -0.139. The first-order chi connectivity index (χ1) is 14.8. The van der Waals surface area contributed by atoms with Crippen LogP contribution in [0.4, 0.5) is 5.69 Å². The number of aromatic nitrogens is 1. The van der Waals surface area contributed by atoms with Gasteiger partial charge in [0.2, 0.25) is 5.91 Å². The van der Waals surface area contributed by atoms with Crippen LogP contribution in [0.2, 0.25) is 5.02 Å². The fourth-order valence-electron chi connectivity index (χ4n) is 2.80. The van der Waals surface area contributed by atoms with Crippen LogP contribution in [0.25, 0.3) is 5.69 Å². The molecule has 0 fully saturated rings. The van der Waals surface area contributed by atoms with Gasteiger partial charge in [-0.25, -0.2) is 0 Å². The molecule has 0 bridgehead atoms. The van der Waals surface area contributed by atoms with Crippen LogP contribution in [0, 0.1) is 0 Å². The van der Waals surface area contributed by atoms with Crippen LogP contribution < -0.4 is 16.2 Å². The van der Waals surface area contributed by atoms with Crippen LogP contribution in [0.5, 0.6) is 0 Å². The minimum absolute atomic E-state index is 0.211. The van der Waals surface area contributed by atoms with Gasteiger partial charge in [-0.05, 0) is 54.6 Å². The van der Waals surface area contributed by atoms with Crippen LogP contribution >= 0.6 is 11.6 Å². The summed E-state index contributed by atoms with van der Waals surface area (Å²) in [5, 5.41) is 14.6. The molecule has 0 aliphatic carbocycles. The highest BCUT2D eigenvalue weighted by molar-refractivity contribution is 6.30. The number of anilines is 1. The predicted molar refractivity (Wildman–Crippen MR) is 116 cm³/mol. The molecule has 0 unspecified atom stereocenters. The largest absolute Gasteiger partial charge is 0.481 e. The fraction of sp³-hybridized carbons (Fsp3) is 0.0909. The van der Waals surface area contributed by atoms with Gasteiger partial charge in [0.05, 0.1) is 6.42 Å². The lowest BCUT2D eigenvalue weighted by Crippen LogP contribution is -2.45. The van der Waals surface area contributed by atoms with E-state index in [4.69, 9.17) is 16.7 Å². The summed E-state index contributed by atoms with van der Waals surface area (Å²) in [7, 11) is 0. The number of rotatable bonds is 7.